The van der Waals surface area contributed by atoms with E-state index in [1.54, 1.807) is 6.33 Å². The first-order valence-corrected chi connectivity index (χ1v) is 8.37. The van der Waals surface area contributed by atoms with Crippen LogP contribution in [-0.2, 0) is 11.3 Å². The summed E-state index contributed by atoms with van der Waals surface area (Å²) in [5.41, 5.74) is 3.20. The van der Waals surface area contributed by atoms with Gasteiger partial charge in [0.05, 0.1) is 18.0 Å². The Bertz CT molecular complexity index is 647. The molecule has 3 rings (SSSR count). The molecule has 0 saturated carbocycles. The Balaban J connectivity index is 1.48. The number of aryl methyl sites for hydroxylation is 2. The highest BCUT2D eigenvalue weighted by Crippen LogP contribution is 2.24. The summed E-state index contributed by atoms with van der Waals surface area (Å²) in [7, 11) is 2.09. The molecule has 1 aliphatic rings. The topological polar surface area (TPSA) is 76.3 Å². The van der Waals surface area contributed by atoms with Crippen molar-refractivity contribution in [3.8, 4) is 0 Å². The van der Waals surface area contributed by atoms with Crippen LogP contribution < -0.4 is 5.32 Å². The van der Waals surface area contributed by atoms with Crippen LogP contribution in [0.4, 0.5) is 5.82 Å². The van der Waals surface area contributed by atoms with E-state index in [-0.39, 0.29) is 0 Å². The summed E-state index contributed by atoms with van der Waals surface area (Å²) in [5.74, 6) is 2.17. The number of anilines is 1. The molecule has 2 aromatic heterocycles. The van der Waals surface area contributed by atoms with Crippen LogP contribution >= 0.6 is 0 Å². The molecule has 0 spiro atoms. The first kappa shape index (κ1) is 16.9. The second-order valence-electron chi connectivity index (χ2n) is 6.36. The fraction of sp³-hybridized carbons (Fsp3) is 0.588. The third-order valence-corrected chi connectivity index (χ3v) is 4.45. The molecular weight excluding hydrogens is 306 g/mol. The molecule has 1 atom stereocenters. The third-order valence-electron chi connectivity index (χ3n) is 4.45. The highest BCUT2D eigenvalue weighted by atomic mass is 16.5. The van der Waals surface area contributed by atoms with Crippen LogP contribution in [0.5, 0.6) is 0 Å². The summed E-state index contributed by atoms with van der Waals surface area (Å²) in [6.45, 7) is 8.06. The van der Waals surface area contributed by atoms with Crippen molar-refractivity contribution in [1.82, 2.24) is 20.0 Å². The van der Waals surface area contributed by atoms with E-state index in [1.807, 2.05) is 19.9 Å². The van der Waals surface area contributed by atoms with E-state index in [4.69, 9.17) is 9.26 Å². The molecule has 0 aliphatic carbocycles. The SMILES string of the molecule is Cc1noc(C)c1CN(C)CCNc1cc([C@@H]2CCOC2)ncn1. The summed E-state index contributed by atoms with van der Waals surface area (Å²) >= 11 is 0. The van der Waals surface area contributed by atoms with Crippen LogP contribution in [0.15, 0.2) is 16.9 Å². The molecule has 0 radical (unpaired) electrons. The molecule has 24 heavy (non-hydrogen) atoms. The van der Waals surface area contributed by atoms with Crippen LogP contribution in [0.25, 0.3) is 0 Å². The first-order valence-electron chi connectivity index (χ1n) is 8.37. The maximum atomic E-state index is 5.43. The summed E-state index contributed by atoms with van der Waals surface area (Å²) in [4.78, 5) is 10.9. The van der Waals surface area contributed by atoms with Gasteiger partial charge in [0.25, 0.3) is 0 Å². The van der Waals surface area contributed by atoms with Crippen molar-refractivity contribution in [2.45, 2.75) is 32.7 Å². The molecule has 1 fully saturated rings. The normalized spacial score (nSPS) is 17.6. The summed E-state index contributed by atoms with van der Waals surface area (Å²) in [5, 5.41) is 7.38. The molecule has 1 aliphatic heterocycles. The molecule has 0 bridgehead atoms. The maximum absolute atomic E-state index is 5.43. The standard InChI is InChI=1S/C17H25N5O2/c1-12-15(13(2)24-21-12)9-22(3)6-5-18-17-8-16(19-11-20-17)14-4-7-23-10-14/h8,11,14H,4-7,9-10H2,1-3H3,(H,18,19,20)/t14-/m1/s1. The zero-order valence-electron chi connectivity index (χ0n) is 14.6. The van der Waals surface area contributed by atoms with Crippen LogP contribution in [0.2, 0.25) is 0 Å². The monoisotopic (exact) mass is 331 g/mol. The van der Waals surface area contributed by atoms with Gasteiger partial charge in [-0.25, -0.2) is 9.97 Å². The molecule has 3 heterocycles. The maximum Gasteiger partial charge on any atom is 0.138 e. The van der Waals surface area contributed by atoms with Gasteiger partial charge in [-0.2, -0.15) is 0 Å². The second-order valence-corrected chi connectivity index (χ2v) is 6.36. The Hall–Kier alpha value is -1.99. The van der Waals surface area contributed by atoms with Crippen LogP contribution in [0.1, 0.15) is 35.1 Å². The zero-order chi connectivity index (χ0) is 16.9. The Morgan fingerprint density at radius 3 is 2.92 bits per heavy atom. The Morgan fingerprint density at radius 1 is 1.33 bits per heavy atom. The number of aromatic nitrogens is 3. The van der Waals surface area contributed by atoms with Gasteiger partial charge in [-0.15, -0.1) is 0 Å². The van der Waals surface area contributed by atoms with E-state index >= 15 is 0 Å². The predicted octanol–water partition coefficient (Wildman–Crippen LogP) is 2.13. The van der Waals surface area contributed by atoms with Crippen LogP contribution in [0, 0.1) is 13.8 Å². The Morgan fingerprint density at radius 2 is 2.21 bits per heavy atom. The van der Waals surface area contributed by atoms with Crippen LogP contribution in [0.3, 0.4) is 0 Å². The molecule has 2 aromatic rings. The van der Waals surface area contributed by atoms with Crippen molar-refractivity contribution in [1.29, 1.82) is 0 Å². The van der Waals surface area contributed by atoms with Gasteiger partial charge in [0, 0.05) is 43.8 Å². The zero-order valence-corrected chi connectivity index (χ0v) is 14.6. The van der Waals surface area contributed by atoms with Crippen molar-refractivity contribution in [2.24, 2.45) is 0 Å². The summed E-state index contributed by atoms with van der Waals surface area (Å²) < 4.78 is 10.6. The Kier molecular flexibility index (Phi) is 5.42. The van der Waals surface area contributed by atoms with E-state index in [1.165, 1.54) is 5.56 Å². The molecule has 0 aromatic carbocycles. The molecule has 130 valence electrons. The van der Waals surface area contributed by atoms with Gasteiger partial charge in [0.15, 0.2) is 0 Å². The molecule has 7 heteroatoms. The first-order chi connectivity index (χ1) is 11.6. The van der Waals surface area contributed by atoms with E-state index in [0.29, 0.717) is 5.92 Å². The van der Waals surface area contributed by atoms with Crippen molar-refractivity contribution in [3.63, 3.8) is 0 Å². The van der Waals surface area contributed by atoms with Gasteiger partial charge in [-0.1, -0.05) is 5.16 Å². The smallest absolute Gasteiger partial charge is 0.138 e. The summed E-state index contributed by atoms with van der Waals surface area (Å²) in [6.07, 6.45) is 2.67. The fourth-order valence-electron chi connectivity index (χ4n) is 2.91. The second kappa shape index (κ2) is 7.72. The third kappa shape index (κ3) is 4.10. The van der Waals surface area contributed by atoms with Crippen molar-refractivity contribution >= 4 is 5.82 Å². The molecule has 0 amide bonds. The highest BCUT2D eigenvalue weighted by molar-refractivity contribution is 5.36. The van der Waals surface area contributed by atoms with E-state index in [2.05, 4.69) is 32.4 Å². The van der Waals surface area contributed by atoms with Crippen molar-refractivity contribution in [2.75, 3.05) is 38.7 Å². The van der Waals surface area contributed by atoms with E-state index < -0.39 is 0 Å². The van der Waals surface area contributed by atoms with Gasteiger partial charge in [0.2, 0.25) is 0 Å². The number of rotatable bonds is 7. The number of ether oxygens (including phenoxy) is 1. The average Bonchev–Trinajstić information content (AvgIpc) is 3.21. The number of likely N-dealkylation sites (N-methyl/N-ethyl adjacent to an activating group) is 1. The minimum absolute atomic E-state index is 0.399. The highest BCUT2D eigenvalue weighted by Gasteiger charge is 2.19. The predicted molar refractivity (Wildman–Crippen MR) is 91.0 cm³/mol. The average molecular weight is 331 g/mol. The minimum atomic E-state index is 0.399. The van der Waals surface area contributed by atoms with Crippen molar-refractivity contribution in [3.05, 3.63) is 35.1 Å². The van der Waals surface area contributed by atoms with Gasteiger partial charge in [-0.05, 0) is 27.3 Å². The lowest BCUT2D eigenvalue weighted by Crippen LogP contribution is -2.25. The van der Waals surface area contributed by atoms with E-state index in [0.717, 1.165) is 62.2 Å². The molecule has 0 unspecified atom stereocenters. The van der Waals surface area contributed by atoms with Gasteiger partial charge >= 0.3 is 0 Å². The Labute approximate surface area is 142 Å². The molecular formula is C17H25N5O2. The molecule has 1 N–H and O–H groups in total. The van der Waals surface area contributed by atoms with Gasteiger partial charge in [-0.3, -0.25) is 0 Å². The summed E-state index contributed by atoms with van der Waals surface area (Å²) in [6, 6.07) is 2.04. The van der Waals surface area contributed by atoms with Gasteiger partial charge in [0.1, 0.15) is 17.9 Å². The largest absolute Gasteiger partial charge is 0.381 e. The lowest BCUT2D eigenvalue weighted by atomic mass is 10.1. The van der Waals surface area contributed by atoms with Crippen LogP contribution in [-0.4, -0.2) is 53.4 Å². The minimum Gasteiger partial charge on any atom is -0.381 e. The number of nitrogens with one attached hydrogen (secondary N) is 1. The lowest BCUT2D eigenvalue weighted by molar-refractivity contribution is 0.193. The van der Waals surface area contributed by atoms with Gasteiger partial charge < -0.3 is 19.5 Å². The molecule has 7 nitrogen and oxygen atoms in total. The number of nitrogens with zero attached hydrogens (tertiary/aromatic N) is 4. The molecule has 1 saturated heterocycles. The van der Waals surface area contributed by atoms with E-state index in [9.17, 15) is 0 Å². The number of hydrogen-bond donors (Lipinski definition) is 1. The number of hydrogen-bond acceptors (Lipinski definition) is 7. The quantitative estimate of drug-likeness (QED) is 0.833. The lowest BCUT2D eigenvalue weighted by Gasteiger charge is -2.17. The van der Waals surface area contributed by atoms with Crippen molar-refractivity contribution < 1.29 is 9.26 Å². The fourth-order valence-corrected chi connectivity index (χ4v) is 2.91.